The molecule has 0 amide bonds. The van der Waals surface area contributed by atoms with Crippen molar-refractivity contribution in [3.05, 3.63) is 146 Å². The van der Waals surface area contributed by atoms with Crippen LogP contribution in [0, 0.1) is 0 Å². The number of benzene rings is 8. The topological polar surface area (TPSA) is 0 Å². The zero-order valence-corrected chi connectivity index (χ0v) is 23.1. The van der Waals surface area contributed by atoms with E-state index >= 15 is 0 Å². The lowest BCUT2D eigenvalue weighted by molar-refractivity contribution is 1.65. The Hall–Kier alpha value is -4.98. The molecule has 41 heavy (non-hydrogen) atoms. The van der Waals surface area contributed by atoms with Crippen molar-refractivity contribution in [3.63, 3.8) is 0 Å². The molecule has 0 aliphatic carbocycles. The number of hydrogen-bond donors (Lipinski definition) is 0. The molecule has 0 unspecified atom stereocenters. The van der Waals surface area contributed by atoms with Crippen LogP contribution in [-0.2, 0) is 0 Å². The van der Waals surface area contributed by atoms with Gasteiger partial charge >= 0.3 is 0 Å². The van der Waals surface area contributed by atoms with E-state index in [1.54, 1.807) is 0 Å². The van der Waals surface area contributed by atoms with Gasteiger partial charge in [0.25, 0.3) is 0 Å². The van der Waals surface area contributed by atoms with Crippen molar-refractivity contribution in [1.29, 1.82) is 0 Å². The molecular weight excluding hydrogens is 513 g/mol. The zero-order chi connectivity index (χ0) is 26.9. The van der Waals surface area contributed by atoms with Crippen LogP contribution in [-0.4, -0.2) is 0 Å². The summed E-state index contributed by atoms with van der Waals surface area (Å²) in [4.78, 5) is 0. The Morgan fingerprint density at radius 2 is 0.829 bits per heavy atom. The highest BCUT2D eigenvalue weighted by atomic mass is 32.1. The number of hydrogen-bond acceptors (Lipinski definition) is 1. The predicted molar refractivity (Wildman–Crippen MR) is 180 cm³/mol. The van der Waals surface area contributed by atoms with Crippen molar-refractivity contribution in [2.24, 2.45) is 0 Å². The smallest absolute Gasteiger partial charge is 0.0433 e. The van der Waals surface area contributed by atoms with Gasteiger partial charge in [-0.3, -0.25) is 0 Å². The van der Waals surface area contributed by atoms with Crippen LogP contribution >= 0.6 is 11.3 Å². The first-order chi connectivity index (χ1) is 20.3. The summed E-state index contributed by atoms with van der Waals surface area (Å²) >= 11 is 1.89. The van der Waals surface area contributed by atoms with Crippen molar-refractivity contribution >= 4 is 74.6 Å². The van der Waals surface area contributed by atoms with E-state index in [-0.39, 0.29) is 0 Å². The fraction of sp³-hybridized carbons (Fsp3) is 0. The van der Waals surface area contributed by atoms with Crippen LogP contribution < -0.4 is 0 Å². The van der Waals surface area contributed by atoms with Crippen LogP contribution in [0.15, 0.2) is 146 Å². The Kier molecular flexibility index (Phi) is 4.87. The van der Waals surface area contributed by atoms with Crippen molar-refractivity contribution in [3.8, 4) is 22.3 Å². The second kappa shape index (κ2) is 8.76. The van der Waals surface area contributed by atoms with Crippen LogP contribution in [0.3, 0.4) is 0 Å². The van der Waals surface area contributed by atoms with E-state index in [2.05, 4.69) is 146 Å². The molecule has 1 aromatic heterocycles. The van der Waals surface area contributed by atoms with Gasteiger partial charge in [0, 0.05) is 20.2 Å². The fourth-order valence-electron chi connectivity index (χ4n) is 6.83. The van der Waals surface area contributed by atoms with Crippen LogP contribution in [0.4, 0.5) is 0 Å². The summed E-state index contributed by atoms with van der Waals surface area (Å²) < 4.78 is 2.69. The summed E-state index contributed by atoms with van der Waals surface area (Å²) in [6, 6.07) is 53.7. The molecule has 0 saturated heterocycles. The molecule has 0 saturated carbocycles. The molecule has 0 N–H and O–H groups in total. The first kappa shape index (κ1) is 22.8. The first-order valence-corrected chi connectivity index (χ1v) is 14.9. The van der Waals surface area contributed by atoms with E-state index in [4.69, 9.17) is 0 Å². The van der Waals surface area contributed by atoms with Crippen LogP contribution in [0.2, 0.25) is 0 Å². The zero-order valence-electron chi connectivity index (χ0n) is 22.3. The summed E-state index contributed by atoms with van der Waals surface area (Å²) in [5, 5.41) is 13.2. The van der Waals surface area contributed by atoms with Gasteiger partial charge in [0.15, 0.2) is 0 Å². The summed E-state index contributed by atoms with van der Waals surface area (Å²) in [5.41, 5.74) is 5.08. The Labute approximate surface area is 241 Å². The third-order valence-corrected chi connectivity index (χ3v) is 9.86. The Balaban J connectivity index is 1.36. The van der Waals surface area contributed by atoms with Gasteiger partial charge < -0.3 is 0 Å². The predicted octanol–water partition coefficient (Wildman–Crippen LogP) is 12.0. The van der Waals surface area contributed by atoms with Crippen LogP contribution in [0.5, 0.6) is 0 Å². The van der Waals surface area contributed by atoms with Gasteiger partial charge in [0.2, 0.25) is 0 Å². The number of fused-ring (bicyclic) bond motifs is 11. The molecule has 0 spiro atoms. The maximum absolute atomic E-state index is 2.44. The molecule has 0 bridgehead atoms. The Morgan fingerprint density at radius 3 is 1.59 bits per heavy atom. The molecule has 1 heteroatoms. The molecular formula is C40H24S. The minimum atomic E-state index is 1.25. The second-order valence-electron chi connectivity index (χ2n) is 10.8. The van der Waals surface area contributed by atoms with Gasteiger partial charge in [0.1, 0.15) is 0 Å². The van der Waals surface area contributed by atoms with E-state index in [0.29, 0.717) is 0 Å². The highest BCUT2D eigenvalue weighted by Gasteiger charge is 2.16. The Bertz CT molecular complexity index is 2480. The summed E-state index contributed by atoms with van der Waals surface area (Å²) in [5.74, 6) is 0. The molecule has 0 aliphatic rings. The quantitative estimate of drug-likeness (QED) is 0.193. The molecule has 9 aromatic rings. The summed E-state index contributed by atoms with van der Waals surface area (Å²) in [6.07, 6.45) is 0. The number of rotatable bonds is 2. The van der Waals surface area contributed by atoms with Crippen molar-refractivity contribution in [2.75, 3.05) is 0 Å². The molecule has 0 radical (unpaired) electrons. The Morgan fingerprint density at radius 1 is 0.317 bits per heavy atom. The van der Waals surface area contributed by atoms with Crippen LogP contribution in [0.25, 0.3) is 85.5 Å². The largest absolute Gasteiger partial charge is 0.135 e. The van der Waals surface area contributed by atoms with E-state index in [0.717, 1.165) is 0 Å². The standard InChI is InChI=1S/C40H24S/c1-2-15-30-28(13-1)29-14-3-5-18-33(29)39-34-19-6-4-16-31(34)36(24-37(30)39)26-12-9-11-25(23-26)27-20-10-21-35-32-17-7-8-22-38(32)41-40(27)35/h1-24H. The van der Waals surface area contributed by atoms with E-state index in [9.17, 15) is 0 Å². The molecule has 190 valence electrons. The maximum atomic E-state index is 2.44. The molecule has 8 aromatic carbocycles. The molecule has 0 aliphatic heterocycles. The highest BCUT2D eigenvalue weighted by molar-refractivity contribution is 7.26. The molecule has 0 atom stereocenters. The average molecular weight is 537 g/mol. The molecule has 9 rings (SSSR count). The minimum absolute atomic E-state index is 1.25. The lowest BCUT2D eigenvalue weighted by atomic mass is 9.87. The van der Waals surface area contributed by atoms with Gasteiger partial charge in [-0.1, -0.05) is 127 Å². The lowest BCUT2D eigenvalue weighted by Crippen LogP contribution is -1.89. The van der Waals surface area contributed by atoms with E-state index in [1.807, 2.05) is 11.3 Å². The molecule has 1 heterocycles. The SMILES string of the molecule is c1cc(-c2cc3c4ccccc4c4ccccc4c3c3ccccc23)cc(-c2cccc3c2sc2ccccc23)c1. The van der Waals surface area contributed by atoms with E-state index < -0.39 is 0 Å². The van der Waals surface area contributed by atoms with Gasteiger partial charge in [-0.25, -0.2) is 0 Å². The second-order valence-corrected chi connectivity index (χ2v) is 11.9. The van der Waals surface area contributed by atoms with Crippen LogP contribution in [0.1, 0.15) is 0 Å². The minimum Gasteiger partial charge on any atom is -0.135 e. The van der Waals surface area contributed by atoms with Crippen molar-refractivity contribution < 1.29 is 0 Å². The van der Waals surface area contributed by atoms with Crippen molar-refractivity contribution in [2.45, 2.75) is 0 Å². The maximum Gasteiger partial charge on any atom is 0.0433 e. The van der Waals surface area contributed by atoms with E-state index in [1.165, 1.54) is 85.5 Å². The monoisotopic (exact) mass is 536 g/mol. The third kappa shape index (κ3) is 3.33. The average Bonchev–Trinajstić information content (AvgIpc) is 3.43. The fourth-order valence-corrected chi connectivity index (χ4v) is 8.07. The molecule has 0 nitrogen and oxygen atoms in total. The summed E-state index contributed by atoms with van der Waals surface area (Å²) in [6.45, 7) is 0. The highest BCUT2D eigenvalue weighted by Crippen LogP contribution is 2.44. The number of thiophene rings is 1. The van der Waals surface area contributed by atoms with Crippen molar-refractivity contribution in [1.82, 2.24) is 0 Å². The van der Waals surface area contributed by atoms with Gasteiger partial charge in [-0.05, 0) is 83.5 Å². The summed E-state index contributed by atoms with van der Waals surface area (Å²) in [7, 11) is 0. The molecule has 0 fully saturated rings. The van der Waals surface area contributed by atoms with Gasteiger partial charge in [-0.15, -0.1) is 11.3 Å². The van der Waals surface area contributed by atoms with Gasteiger partial charge in [0.05, 0.1) is 0 Å². The van der Waals surface area contributed by atoms with Gasteiger partial charge in [-0.2, -0.15) is 0 Å². The normalized spacial score (nSPS) is 11.9. The lowest BCUT2D eigenvalue weighted by Gasteiger charge is -2.16. The third-order valence-electron chi connectivity index (χ3n) is 8.64. The first-order valence-electron chi connectivity index (χ1n) is 14.1.